The summed E-state index contributed by atoms with van der Waals surface area (Å²) in [6.45, 7) is 0. The van der Waals surface area contributed by atoms with Crippen molar-refractivity contribution in [3.63, 3.8) is 0 Å². The van der Waals surface area contributed by atoms with Crippen LogP contribution in [-0.4, -0.2) is 0 Å². The third-order valence-corrected chi connectivity index (χ3v) is 8.62. The van der Waals surface area contributed by atoms with E-state index in [-0.39, 0.29) is 0 Å². The van der Waals surface area contributed by atoms with Crippen LogP contribution in [0.1, 0.15) is 41.1 Å². The fourth-order valence-electron chi connectivity index (χ4n) is 6.53. The highest BCUT2D eigenvalue weighted by molar-refractivity contribution is 6.26. The molecule has 0 bridgehead atoms. The topological polar surface area (TPSA) is 13.1 Å². The van der Waals surface area contributed by atoms with Crippen molar-refractivity contribution in [1.29, 1.82) is 0 Å². The first-order valence-corrected chi connectivity index (χ1v) is 15.2. The van der Waals surface area contributed by atoms with Crippen molar-refractivity contribution in [2.45, 2.75) is 0 Å². The average Bonchev–Trinajstić information content (AvgIpc) is 4.09. The first-order valence-electron chi connectivity index (χ1n) is 30.2. The largest absolute Gasteiger partial charge is 0.455 e. The predicted octanol–water partition coefficient (Wildman–Crippen LogP) is 14.4. The third kappa shape index (κ3) is 4.16. The van der Waals surface area contributed by atoms with Gasteiger partial charge in [0.15, 0.2) is 0 Å². The van der Waals surface area contributed by atoms with Crippen LogP contribution in [0.4, 0.5) is 0 Å². The molecule has 10 aromatic carbocycles. The van der Waals surface area contributed by atoms with Crippen molar-refractivity contribution in [2.75, 3.05) is 0 Å². The monoisotopic (exact) mass is 676 g/mol. The smallest absolute Gasteiger partial charge is 0.143 e. The quantitative estimate of drug-likeness (QED) is 0.170. The SMILES string of the molecule is [2H]c1c([2H])c([2H])c2c(oc3c([2H])c([2H])c4c([2H])c([2H])c([2H])c([2H])c4c32)c1-c1c([2H])c(-c2c3c([2H])c([2H])c([2H])c([2H])c3c(-c3c([2H])c([2H])c([2H])c4c([2H])c([2H])c([2H])c([2H])c34)c3c([2H])c([2H])c([2H])c([2H])c23)c2c([2H])c([2H])c([2H])c([2H])c2c1[2H]. The van der Waals surface area contributed by atoms with Crippen LogP contribution in [0.5, 0.6) is 0 Å². The molecule has 51 heavy (non-hydrogen) atoms. The summed E-state index contributed by atoms with van der Waals surface area (Å²) in [7, 11) is 0. The van der Waals surface area contributed by atoms with Crippen molar-refractivity contribution in [1.82, 2.24) is 0 Å². The standard InChI is InChI=1S/C50H30O/c1-4-17-35-31(13-1)16-11-25-39(35)47-40-20-7-9-22-42(40)48(43-23-10-8-21-41(43)47)45-30-34(29-33-15-3-5-18-36(33)45)38-24-12-26-44-49-37-19-6-2-14-32(37)27-28-46(49)51-50(38)44/h1-30H/i1D,2D,3D,4D,5D,6D,7D,8D,9D,10D,11D,12D,13D,14D,15D,16D,17D,18D,19D,20D,21D,22D,23D,24D,25D,26D,27D,28D,29D,30D. The van der Waals surface area contributed by atoms with Crippen LogP contribution in [-0.2, 0) is 0 Å². The molecule has 0 N–H and O–H groups in total. The summed E-state index contributed by atoms with van der Waals surface area (Å²) in [6.07, 6.45) is 0. The highest BCUT2D eigenvalue weighted by Crippen LogP contribution is 2.48. The molecule has 0 atom stereocenters. The molecule has 1 heteroatoms. The summed E-state index contributed by atoms with van der Waals surface area (Å²) in [4.78, 5) is 0. The first-order chi connectivity index (χ1) is 37.8. The molecule has 0 radical (unpaired) electrons. The highest BCUT2D eigenvalue weighted by Gasteiger charge is 2.21. The lowest BCUT2D eigenvalue weighted by atomic mass is 9.83. The maximum Gasteiger partial charge on any atom is 0.143 e. The second-order valence-corrected chi connectivity index (χ2v) is 11.3. The molecule has 1 heterocycles. The van der Waals surface area contributed by atoms with Crippen molar-refractivity contribution >= 4 is 75.8 Å². The summed E-state index contributed by atoms with van der Waals surface area (Å²) in [5.41, 5.74) is -6.34. The zero-order chi connectivity index (χ0) is 59.6. The van der Waals surface area contributed by atoms with E-state index in [2.05, 4.69) is 0 Å². The molecule has 0 saturated carbocycles. The van der Waals surface area contributed by atoms with Crippen molar-refractivity contribution in [3.05, 3.63) is 181 Å². The van der Waals surface area contributed by atoms with Crippen LogP contribution < -0.4 is 0 Å². The van der Waals surface area contributed by atoms with Gasteiger partial charge >= 0.3 is 0 Å². The molecule has 0 spiro atoms. The second kappa shape index (κ2) is 10.9. The number of hydrogen-bond acceptors (Lipinski definition) is 1. The summed E-state index contributed by atoms with van der Waals surface area (Å²) >= 11 is 0. The van der Waals surface area contributed by atoms with E-state index >= 15 is 0 Å². The molecule has 1 aromatic heterocycles. The molecule has 0 unspecified atom stereocenters. The van der Waals surface area contributed by atoms with E-state index in [9.17, 15) is 16.4 Å². The van der Waals surface area contributed by atoms with Crippen LogP contribution in [0.3, 0.4) is 0 Å². The van der Waals surface area contributed by atoms with Gasteiger partial charge in [0.05, 0.1) is 41.1 Å². The van der Waals surface area contributed by atoms with Crippen LogP contribution in [0, 0.1) is 0 Å². The third-order valence-electron chi connectivity index (χ3n) is 8.62. The van der Waals surface area contributed by atoms with Gasteiger partial charge in [0, 0.05) is 16.3 Å². The van der Waals surface area contributed by atoms with Gasteiger partial charge in [0.2, 0.25) is 0 Å². The van der Waals surface area contributed by atoms with E-state index in [0.717, 1.165) is 0 Å². The molecule has 0 fully saturated rings. The van der Waals surface area contributed by atoms with Gasteiger partial charge in [0.1, 0.15) is 11.2 Å². The number of benzene rings is 10. The Kier molecular flexibility index (Phi) is 2.50. The Bertz CT molecular complexity index is 4840. The van der Waals surface area contributed by atoms with Gasteiger partial charge in [-0.05, 0) is 99.8 Å². The van der Waals surface area contributed by atoms with Gasteiger partial charge in [-0.2, -0.15) is 0 Å². The first kappa shape index (κ1) is 11.7. The fourth-order valence-corrected chi connectivity index (χ4v) is 6.53. The number of rotatable bonds is 3. The highest BCUT2D eigenvalue weighted by atomic mass is 16.3. The molecule has 0 aliphatic heterocycles. The fraction of sp³-hybridized carbons (Fsp3) is 0. The molecule has 0 saturated heterocycles. The van der Waals surface area contributed by atoms with E-state index < -0.39 is 290 Å². The molecule has 0 amide bonds. The summed E-state index contributed by atoms with van der Waals surface area (Å²) in [6, 6.07) is -29.0. The summed E-state index contributed by atoms with van der Waals surface area (Å²) in [5, 5.41) is -8.22. The van der Waals surface area contributed by atoms with E-state index in [0.29, 0.717) is 0 Å². The minimum Gasteiger partial charge on any atom is -0.455 e. The molecule has 11 rings (SSSR count). The normalized spacial score (nSPS) is 20.2. The summed E-state index contributed by atoms with van der Waals surface area (Å²) < 4.78 is 280. The number of hydrogen-bond donors (Lipinski definition) is 0. The van der Waals surface area contributed by atoms with Gasteiger partial charge in [-0.3, -0.25) is 0 Å². The zero-order valence-corrected chi connectivity index (χ0v) is 25.4. The number of para-hydroxylation sites is 1. The minimum absolute atomic E-state index is 0.436. The molecule has 236 valence electrons. The molecular weight excluding hydrogens is 617 g/mol. The molecule has 0 aliphatic rings. The predicted molar refractivity (Wildman–Crippen MR) is 218 cm³/mol. The van der Waals surface area contributed by atoms with Crippen LogP contribution in [0.25, 0.3) is 109 Å². The molecule has 11 aromatic rings. The van der Waals surface area contributed by atoms with E-state index in [4.69, 9.17) is 29.1 Å². The van der Waals surface area contributed by atoms with Gasteiger partial charge in [-0.15, -0.1) is 0 Å². The Labute approximate surface area is 336 Å². The maximum absolute atomic E-state index is 10.4. The maximum atomic E-state index is 10.4. The van der Waals surface area contributed by atoms with Gasteiger partial charge < -0.3 is 4.42 Å². The van der Waals surface area contributed by atoms with Crippen LogP contribution >= 0.6 is 0 Å². The Morgan fingerprint density at radius 3 is 1.49 bits per heavy atom. The Morgan fingerprint density at radius 2 is 0.804 bits per heavy atom. The minimum atomic E-state index is -1.13. The lowest BCUT2D eigenvalue weighted by Crippen LogP contribution is -1.93. The van der Waals surface area contributed by atoms with Crippen LogP contribution in [0.15, 0.2) is 186 Å². The average molecular weight is 677 g/mol. The van der Waals surface area contributed by atoms with E-state index in [1.54, 1.807) is 0 Å². The lowest BCUT2D eigenvalue weighted by molar-refractivity contribution is 0.670. The van der Waals surface area contributed by atoms with Gasteiger partial charge in [-0.25, -0.2) is 0 Å². The molecule has 0 aliphatic carbocycles. The Morgan fingerprint density at radius 1 is 0.333 bits per heavy atom. The Hall–Kier alpha value is -6.70. The number of fused-ring (bicyclic) bond motifs is 9. The van der Waals surface area contributed by atoms with Crippen molar-refractivity contribution < 1.29 is 45.5 Å². The lowest BCUT2D eigenvalue weighted by Gasteiger charge is -2.20. The summed E-state index contributed by atoms with van der Waals surface area (Å²) in [5.74, 6) is 0. The van der Waals surface area contributed by atoms with E-state index in [1.165, 1.54) is 0 Å². The number of furan rings is 1. The Balaban J connectivity index is 1.49. The van der Waals surface area contributed by atoms with Gasteiger partial charge in [-0.1, -0.05) is 163 Å². The molecule has 1 nitrogen and oxygen atoms in total. The second-order valence-electron chi connectivity index (χ2n) is 11.3. The van der Waals surface area contributed by atoms with E-state index in [1.807, 2.05) is 0 Å². The van der Waals surface area contributed by atoms with Crippen LogP contribution in [0.2, 0.25) is 0 Å². The van der Waals surface area contributed by atoms with Gasteiger partial charge in [0.25, 0.3) is 0 Å². The molecular formula is C50H30O. The zero-order valence-electron chi connectivity index (χ0n) is 55.4. The van der Waals surface area contributed by atoms with Crippen molar-refractivity contribution in [2.24, 2.45) is 0 Å². The van der Waals surface area contributed by atoms with Crippen molar-refractivity contribution in [3.8, 4) is 33.4 Å².